The van der Waals surface area contributed by atoms with Crippen molar-refractivity contribution in [2.75, 3.05) is 6.61 Å². The van der Waals surface area contributed by atoms with Gasteiger partial charge in [-0.15, -0.1) is 0 Å². The fourth-order valence-electron chi connectivity index (χ4n) is 3.40. The van der Waals surface area contributed by atoms with Gasteiger partial charge in [0.05, 0.1) is 6.61 Å². The lowest BCUT2D eigenvalue weighted by molar-refractivity contribution is -0.755. The largest absolute Gasteiger partial charge is 0.367 e. The topological polar surface area (TPSA) is 30.9 Å². The van der Waals surface area contributed by atoms with Crippen LogP contribution in [-0.2, 0) is 11.3 Å². The fraction of sp³-hybridized carbons (Fsp3) is 0.556. The molecule has 2 heterocycles. The van der Waals surface area contributed by atoms with Gasteiger partial charge < -0.3 is 4.74 Å². The number of hydrogen-bond donors (Lipinski definition) is 0. The van der Waals surface area contributed by atoms with Crippen LogP contribution in [0.2, 0.25) is 0 Å². The molecule has 4 heteroatoms. The van der Waals surface area contributed by atoms with Crippen molar-refractivity contribution >= 4 is 0 Å². The normalized spacial score (nSPS) is 18.4. The molecule has 0 radical (unpaired) electrons. The number of nitrogens with zero attached hydrogens (tertiary/aromatic N) is 3. The van der Waals surface area contributed by atoms with Crippen LogP contribution < -0.4 is 4.57 Å². The van der Waals surface area contributed by atoms with Crippen LogP contribution in [0.3, 0.4) is 0 Å². The summed E-state index contributed by atoms with van der Waals surface area (Å²) in [5.41, 5.74) is 5.13. The fourth-order valence-corrected chi connectivity index (χ4v) is 3.40. The number of fused-ring (bicyclic) bond motifs is 1. The maximum Gasteiger partial charge on any atom is 0.304 e. The molecule has 1 atom stereocenters. The lowest BCUT2D eigenvalue weighted by atomic mass is 9.86. The SMILES string of the molecule is Cc1cc(C)c(-n2c[n+]3c(n2)COCC3C(C)(C)C)c(C)c1. The van der Waals surface area contributed by atoms with E-state index in [0.717, 1.165) is 12.4 Å². The van der Waals surface area contributed by atoms with Crippen molar-refractivity contribution in [1.29, 1.82) is 0 Å². The van der Waals surface area contributed by atoms with Gasteiger partial charge in [0, 0.05) is 5.10 Å². The van der Waals surface area contributed by atoms with Crippen LogP contribution in [0.15, 0.2) is 18.5 Å². The van der Waals surface area contributed by atoms with Crippen molar-refractivity contribution in [3.63, 3.8) is 0 Å². The highest BCUT2D eigenvalue weighted by molar-refractivity contribution is 5.48. The minimum absolute atomic E-state index is 0.144. The maximum absolute atomic E-state index is 5.77. The van der Waals surface area contributed by atoms with Gasteiger partial charge in [0.25, 0.3) is 0 Å². The summed E-state index contributed by atoms with van der Waals surface area (Å²) in [6.45, 7) is 14.5. The molecule has 0 fully saturated rings. The molecule has 0 aliphatic carbocycles. The average Bonchev–Trinajstić information content (AvgIpc) is 2.78. The molecular formula is C18H26N3O+. The summed E-state index contributed by atoms with van der Waals surface area (Å²) in [7, 11) is 0. The van der Waals surface area contributed by atoms with E-state index in [9.17, 15) is 0 Å². The zero-order valence-electron chi connectivity index (χ0n) is 14.5. The van der Waals surface area contributed by atoms with E-state index in [1.807, 2.05) is 4.68 Å². The molecule has 0 N–H and O–H groups in total. The Morgan fingerprint density at radius 3 is 2.41 bits per heavy atom. The predicted octanol–water partition coefficient (Wildman–Crippen LogP) is 3.20. The smallest absolute Gasteiger partial charge is 0.304 e. The number of benzene rings is 1. The standard InChI is InChI=1S/C18H26N3O/c1-12-7-13(2)17(14(3)8-12)21-11-20-15(18(4,5)6)9-22-10-16(20)19-21/h7-8,11,15H,9-10H2,1-6H3/q+1. The highest BCUT2D eigenvalue weighted by Gasteiger charge is 2.37. The van der Waals surface area contributed by atoms with E-state index in [-0.39, 0.29) is 5.41 Å². The first-order chi connectivity index (χ1) is 10.3. The summed E-state index contributed by atoms with van der Waals surface area (Å²) in [5.74, 6) is 1.01. The van der Waals surface area contributed by atoms with E-state index in [0.29, 0.717) is 12.6 Å². The van der Waals surface area contributed by atoms with Crippen molar-refractivity contribution in [3.8, 4) is 5.69 Å². The minimum Gasteiger partial charge on any atom is -0.367 e. The third-order valence-electron chi connectivity index (χ3n) is 4.46. The molecular weight excluding hydrogens is 274 g/mol. The van der Waals surface area contributed by atoms with Gasteiger partial charge in [-0.05, 0) is 37.3 Å². The Bertz CT molecular complexity index is 687. The van der Waals surface area contributed by atoms with Gasteiger partial charge in [-0.25, -0.2) is 4.57 Å². The molecule has 0 amide bonds. The van der Waals surface area contributed by atoms with Crippen LogP contribution in [0.1, 0.15) is 49.3 Å². The number of aryl methyl sites for hydroxylation is 3. The predicted molar refractivity (Wildman–Crippen MR) is 86.1 cm³/mol. The number of ether oxygens (including phenoxy) is 1. The van der Waals surface area contributed by atoms with Crippen LogP contribution in [0.4, 0.5) is 0 Å². The summed E-state index contributed by atoms with van der Waals surface area (Å²) >= 11 is 0. The molecule has 22 heavy (non-hydrogen) atoms. The Morgan fingerprint density at radius 2 is 1.82 bits per heavy atom. The second-order valence-electron chi connectivity index (χ2n) is 7.53. The molecule has 118 valence electrons. The number of hydrogen-bond acceptors (Lipinski definition) is 2. The first kappa shape index (κ1) is 15.2. The summed E-state index contributed by atoms with van der Waals surface area (Å²) in [4.78, 5) is 0. The van der Waals surface area contributed by atoms with Crippen molar-refractivity contribution < 1.29 is 9.30 Å². The van der Waals surface area contributed by atoms with Crippen LogP contribution in [0.25, 0.3) is 5.69 Å². The molecule has 1 aliphatic heterocycles. The molecule has 0 saturated heterocycles. The van der Waals surface area contributed by atoms with Crippen molar-refractivity contribution in [2.45, 2.75) is 54.2 Å². The third-order valence-corrected chi connectivity index (χ3v) is 4.46. The zero-order chi connectivity index (χ0) is 16.1. The Labute approximate surface area is 132 Å². The Balaban J connectivity index is 2.11. The van der Waals surface area contributed by atoms with Gasteiger partial charge in [-0.1, -0.05) is 43.1 Å². The van der Waals surface area contributed by atoms with Gasteiger partial charge in [0.1, 0.15) is 18.3 Å². The summed E-state index contributed by atoms with van der Waals surface area (Å²) in [6.07, 6.45) is 2.14. The highest BCUT2D eigenvalue weighted by atomic mass is 16.5. The van der Waals surface area contributed by atoms with Gasteiger partial charge in [0.2, 0.25) is 6.33 Å². The van der Waals surface area contributed by atoms with Crippen LogP contribution >= 0.6 is 0 Å². The quantitative estimate of drug-likeness (QED) is 0.757. The monoisotopic (exact) mass is 300 g/mol. The zero-order valence-corrected chi connectivity index (χ0v) is 14.5. The van der Waals surface area contributed by atoms with E-state index in [2.05, 4.69) is 64.6 Å². The lowest BCUT2D eigenvalue weighted by Crippen LogP contribution is -2.53. The molecule has 4 nitrogen and oxygen atoms in total. The lowest BCUT2D eigenvalue weighted by Gasteiger charge is -2.31. The van der Waals surface area contributed by atoms with Gasteiger partial charge in [0.15, 0.2) is 0 Å². The van der Waals surface area contributed by atoms with Crippen LogP contribution in [0.5, 0.6) is 0 Å². The third kappa shape index (κ3) is 2.56. The molecule has 1 aromatic heterocycles. The van der Waals surface area contributed by atoms with Crippen molar-refractivity contribution in [2.24, 2.45) is 5.41 Å². The first-order valence-electron chi connectivity index (χ1n) is 7.93. The van der Waals surface area contributed by atoms with E-state index in [1.54, 1.807) is 0 Å². The summed E-state index contributed by atoms with van der Waals surface area (Å²) < 4.78 is 10.1. The molecule has 2 aromatic rings. The second-order valence-corrected chi connectivity index (χ2v) is 7.53. The van der Waals surface area contributed by atoms with Crippen molar-refractivity contribution in [3.05, 3.63) is 41.0 Å². The van der Waals surface area contributed by atoms with Crippen LogP contribution in [-0.4, -0.2) is 16.4 Å². The van der Waals surface area contributed by atoms with Crippen LogP contribution in [0, 0.1) is 26.2 Å². The minimum atomic E-state index is 0.144. The Morgan fingerprint density at radius 1 is 1.18 bits per heavy atom. The number of rotatable bonds is 1. The van der Waals surface area contributed by atoms with Gasteiger partial charge in [-0.2, -0.15) is 0 Å². The number of aromatic nitrogens is 3. The molecule has 1 aromatic carbocycles. The molecule has 0 bridgehead atoms. The Hall–Kier alpha value is -1.68. The second kappa shape index (κ2) is 5.20. The first-order valence-corrected chi connectivity index (χ1v) is 7.93. The van der Waals surface area contributed by atoms with E-state index in [4.69, 9.17) is 9.84 Å². The molecule has 3 rings (SSSR count). The van der Waals surface area contributed by atoms with E-state index >= 15 is 0 Å². The van der Waals surface area contributed by atoms with E-state index in [1.165, 1.54) is 22.4 Å². The molecule has 0 saturated carbocycles. The van der Waals surface area contributed by atoms with Crippen molar-refractivity contribution in [1.82, 2.24) is 9.78 Å². The molecule has 0 spiro atoms. The average molecular weight is 300 g/mol. The molecule has 1 aliphatic rings. The Kier molecular flexibility index (Phi) is 3.60. The van der Waals surface area contributed by atoms with Gasteiger partial charge >= 0.3 is 5.82 Å². The maximum atomic E-state index is 5.77. The summed E-state index contributed by atoms with van der Waals surface area (Å²) in [6, 6.07) is 4.74. The summed E-state index contributed by atoms with van der Waals surface area (Å²) in [5, 5.41) is 4.79. The highest BCUT2D eigenvalue weighted by Crippen LogP contribution is 2.29. The van der Waals surface area contributed by atoms with E-state index < -0.39 is 0 Å². The molecule has 1 unspecified atom stereocenters. The van der Waals surface area contributed by atoms with Gasteiger partial charge in [-0.3, -0.25) is 0 Å².